The van der Waals surface area contributed by atoms with Gasteiger partial charge in [0.05, 0.1) is 19.5 Å². The highest BCUT2D eigenvalue weighted by Crippen LogP contribution is 2.37. The van der Waals surface area contributed by atoms with Gasteiger partial charge >= 0.3 is 0 Å². The lowest BCUT2D eigenvalue weighted by Gasteiger charge is -2.21. The standard InChI is InChI=1S/C24H30N8O4S/c1-7-31-12-11-18(29-31)23-27-28-24(32(23)21-19(35-5)9-8-10-20(21)36-6)30-37(33,34)17(4)16(3)22-25-13-15(2)14-26-22/h8-14,16-17H,7H2,1-6H3,(H,28,30). The zero-order chi connectivity index (χ0) is 26.7. The van der Waals surface area contributed by atoms with Crippen molar-refractivity contribution in [3.05, 3.63) is 54.2 Å². The van der Waals surface area contributed by atoms with Crippen LogP contribution in [0.1, 0.15) is 38.1 Å². The summed E-state index contributed by atoms with van der Waals surface area (Å²) in [6, 6.07) is 7.03. The minimum atomic E-state index is -3.97. The van der Waals surface area contributed by atoms with Crippen LogP contribution in [0.2, 0.25) is 0 Å². The predicted octanol–water partition coefficient (Wildman–Crippen LogP) is 3.20. The van der Waals surface area contributed by atoms with Crippen molar-refractivity contribution in [1.82, 2.24) is 34.5 Å². The first-order chi connectivity index (χ1) is 17.7. The molecule has 0 bridgehead atoms. The summed E-state index contributed by atoms with van der Waals surface area (Å²) in [5.74, 6) is 1.09. The van der Waals surface area contributed by atoms with E-state index < -0.39 is 21.2 Å². The Hall–Kier alpha value is -4.00. The van der Waals surface area contributed by atoms with Gasteiger partial charge in [-0.1, -0.05) is 13.0 Å². The number of hydrogen-bond donors (Lipinski definition) is 1. The van der Waals surface area contributed by atoms with E-state index in [4.69, 9.17) is 9.47 Å². The second-order valence-electron chi connectivity index (χ2n) is 8.51. The average Bonchev–Trinajstić information content (AvgIpc) is 3.54. The normalized spacial score (nSPS) is 13.2. The zero-order valence-corrected chi connectivity index (χ0v) is 22.4. The first-order valence-electron chi connectivity index (χ1n) is 11.7. The van der Waals surface area contributed by atoms with E-state index >= 15 is 0 Å². The number of aryl methyl sites for hydroxylation is 2. The molecule has 1 aromatic carbocycles. The molecule has 0 spiro atoms. The summed E-state index contributed by atoms with van der Waals surface area (Å²) in [5, 5.41) is 12.1. The van der Waals surface area contributed by atoms with Crippen LogP contribution < -0.4 is 14.2 Å². The Kier molecular flexibility index (Phi) is 7.43. The highest BCUT2D eigenvalue weighted by Gasteiger charge is 2.32. The number of nitrogens with zero attached hydrogens (tertiary/aromatic N) is 7. The average molecular weight is 527 g/mol. The summed E-state index contributed by atoms with van der Waals surface area (Å²) >= 11 is 0. The van der Waals surface area contributed by atoms with Crippen LogP contribution in [0.15, 0.2) is 42.9 Å². The van der Waals surface area contributed by atoms with Crippen molar-refractivity contribution in [3.63, 3.8) is 0 Å². The van der Waals surface area contributed by atoms with Gasteiger partial charge in [-0.05, 0) is 44.5 Å². The third kappa shape index (κ3) is 5.12. The fourth-order valence-electron chi connectivity index (χ4n) is 3.77. The van der Waals surface area contributed by atoms with E-state index in [-0.39, 0.29) is 5.95 Å². The smallest absolute Gasteiger partial charge is 0.243 e. The van der Waals surface area contributed by atoms with Crippen molar-refractivity contribution in [1.29, 1.82) is 0 Å². The predicted molar refractivity (Wildman–Crippen MR) is 139 cm³/mol. The van der Waals surface area contributed by atoms with Crippen molar-refractivity contribution in [2.75, 3.05) is 18.9 Å². The van der Waals surface area contributed by atoms with Gasteiger partial charge in [0.1, 0.15) is 28.7 Å². The fraction of sp³-hybridized carbons (Fsp3) is 0.375. The summed E-state index contributed by atoms with van der Waals surface area (Å²) in [4.78, 5) is 8.61. The second kappa shape index (κ2) is 10.5. The van der Waals surface area contributed by atoms with Gasteiger partial charge in [-0.2, -0.15) is 5.10 Å². The number of ether oxygens (including phenoxy) is 2. The quantitative estimate of drug-likeness (QED) is 0.330. The Labute approximate surface area is 215 Å². The maximum Gasteiger partial charge on any atom is 0.243 e. The molecular formula is C24H30N8O4S. The molecule has 12 nitrogen and oxygen atoms in total. The Morgan fingerprint density at radius 3 is 2.24 bits per heavy atom. The van der Waals surface area contributed by atoms with Crippen molar-refractivity contribution in [2.45, 2.75) is 45.4 Å². The number of hydrogen-bond acceptors (Lipinski definition) is 9. The highest BCUT2D eigenvalue weighted by atomic mass is 32.2. The SMILES string of the molecule is CCn1ccc(-c2nnc(NS(=O)(=O)C(C)C(C)c3ncc(C)cn3)n2-c2c(OC)cccc2OC)n1. The zero-order valence-electron chi connectivity index (χ0n) is 21.6. The number of aromatic nitrogens is 7. The van der Waals surface area contributed by atoms with Gasteiger partial charge in [-0.3, -0.25) is 14.0 Å². The lowest BCUT2D eigenvalue weighted by atomic mass is 10.1. The van der Waals surface area contributed by atoms with Gasteiger partial charge < -0.3 is 9.47 Å². The van der Waals surface area contributed by atoms with E-state index in [1.54, 1.807) is 55.2 Å². The molecule has 0 aliphatic carbocycles. The lowest BCUT2D eigenvalue weighted by molar-refractivity contribution is 0.391. The monoisotopic (exact) mass is 526 g/mol. The maximum absolute atomic E-state index is 13.5. The Balaban J connectivity index is 1.82. The molecule has 4 rings (SSSR count). The number of nitrogens with one attached hydrogen (secondary N) is 1. The summed E-state index contributed by atoms with van der Waals surface area (Å²) in [6.45, 7) is 7.86. The van der Waals surface area contributed by atoms with E-state index in [1.165, 1.54) is 18.8 Å². The van der Waals surface area contributed by atoms with Gasteiger partial charge in [0.25, 0.3) is 0 Å². The van der Waals surface area contributed by atoms with Crippen LogP contribution in [-0.2, 0) is 16.6 Å². The van der Waals surface area contributed by atoms with Crippen LogP contribution in [0, 0.1) is 6.92 Å². The number of anilines is 1. The van der Waals surface area contributed by atoms with E-state index in [0.717, 1.165) is 5.56 Å². The lowest BCUT2D eigenvalue weighted by Crippen LogP contribution is -2.31. The minimum absolute atomic E-state index is 0.0345. The van der Waals surface area contributed by atoms with Crippen molar-refractivity contribution < 1.29 is 17.9 Å². The molecule has 0 fully saturated rings. The molecule has 0 aliphatic rings. The molecule has 3 aromatic heterocycles. The summed E-state index contributed by atoms with van der Waals surface area (Å²) in [5.41, 5.74) is 1.82. The van der Waals surface area contributed by atoms with Crippen molar-refractivity contribution in [3.8, 4) is 28.7 Å². The molecule has 37 heavy (non-hydrogen) atoms. The fourth-order valence-corrected chi connectivity index (χ4v) is 5.01. The molecule has 0 aliphatic heterocycles. The van der Waals surface area contributed by atoms with Crippen LogP contribution in [0.5, 0.6) is 11.5 Å². The van der Waals surface area contributed by atoms with E-state index in [1.807, 2.05) is 20.0 Å². The van der Waals surface area contributed by atoms with Crippen LogP contribution in [0.4, 0.5) is 5.95 Å². The van der Waals surface area contributed by atoms with Crippen LogP contribution >= 0.6 is 0 Å². The molecule has 0 saturated heterocycles. The van der Waals surface area contributed by atoms with Crippen LogP contribution in [-0.4, -0.2) is 62.4 Å². The van der Waals surface area contributed by atoms with Crippen LogP contribution in [0.3, 0.4) is 0 Å². The van der Waals surface area contributed by atoms with Gasteiger partial charge in [0.2, 0.25) is 16.0 Å². The van der Waals surface area contributed by atoms with E-state index in [2.05, 4.69) is 30.0 Å². The van der Waals surface area contributed by atoms with E-state index in [0.29, 0.717) is 41.1 Å². The van der Waals surface area contributed by atoms with Crippen molar-refractivity contribution >= 4 is 16.0 Å². The minimum Gasteiger partial charge on any atom is -0.494 e. The van der Waals surface area contributed by atoms with Gasteiger partial charge in [0, 0.05) is 31.1 Å². The molecular weight excluding hydrogens is 496 g/mol. The molecule has 3 heterocycles. The maximum atomic E-state index is 13.5. The second-order valence-corrected chi connectivity index (χ2v) is 10.5. The Bertz CT molecular complexity index is 1460. The summed E-state index contributed by atoms with van der Waals surface area (Å²) in [7, 11) is -0.935. The van der Waals surface area contributed by atoms with Crippen molar-refractivity contribution in [2.24, 2.45) is 0 Å². The molecule has 0 amide bonds. The summed E-state index contributed by atoms with van der Waals surface area (Å²) in [6.07, 6.45) is 5.14. The number of methoxy groups -OCH3 is 2. The number of rotatable bonds is 10. The molecule has 13 heteroatoms. The van der Waals surface area contributed by atoms with Gasteiger partial charge in [-0.15, -0.1) is 10.2 Å². The third-order valence-corrected chi connectivity index (χ3v) is 7.97. The first-order valence-corrected chi connectivity index (χ1v) is 13.3. The molecule has 0 saturated carbocycles. The topological polar surface area (TPSA) is 139 Å². The molecule has 0 radical (unpaired) electrons. The first kappa shape index (κ1) is 26.1. The third-order valence-electron chi connectivity index (χ3n) is 6.12. The van der Waals surface area contributed by atoms with Gasteiger partial charge in [-0.25, -0.2) is 18.4 Å². The number of benzene rings is 1. The molecule has 2 atom stereocenters. The van der Waals surface area contributed by atoms with E-state index in [9.17, 15) is 8.42 Å². The molecule has 196 valence electrons. The number of sulfonamides is 1. The molecule has 4 aromatic rings. The Morgan fingerprint density at radius 2 is 1.68 bits per heavy atom. The summed E-state index contributed by atoms with van der Waals surface area (Å²) < 4.78 is 44.2. The van der Waals surface area contributed by atoms with Crippen LogP contribution in [0.25, 0.3) is 17.2 Å². The Morgan fingerprint density at radius 1 is 1.03 bits per heavy atom. The molecule has 2 unspecified atom stereocenters. The number of para-hydroxylation sites is 1. The highest BCUT2D eigenvalue weighted by molar-refractivity contribution is 7.93. The van der Waals surface area contributed by atoms with Gasteiger partial charge in [0.15, 0.2) is 5.82 Å². The molecule has 1 N–H and O–H groups in total. The largest absolute Gasteiger partial charge is 0.494 e.